The topological polar surface area (TPSA) is 85.8 Å². The number of hydrogen-bond donors (Lipinski definition) is 1. The molecule has 0 fully saturated rings. The van der Waals surface area contributed by atoms with Crippen LogP contribution in [0.1, 0.15) is 56.6 Å². The maximum Gasteiger partial charge on any atom is 0.268 e. The van der Waals surface area contributed by atoms with Crippen molar-refractivity contribution in [3.63, 3.8) is 0 Å². The SMILES string of the molecule is Cc1nnc(-c2cc(CC(C)C)n(-c3cccc(C(=O)N[C@H](C)C(C)C)c3)n2)o1. The highest BCUT2D eigenvalue weighted by molar-refractivity contribution is 5.94. The quantitative estimate of drug-likeness (QED) is 0.648. The van der Waals surface area contributed by atoms with Crippen LogP contribution in [-0.2, 0) is 6.42 Å². The number of carbonyl (C=O) groups is 1. The Balaban J connectivity index is 1.96. The molecule has 0 spiro atoms. The molecule has 7 nitrogen and oxygen atoms in total. The summed E-state index contributed by atoms with van der Waals surface area (Å²) in [5.74, 6) is 1.62. The molecular formula is C22H29N5O2. The van der Waals surface area contributed by atoms with Crippen molar-refractivity contribution in [1.29, 1.82) is 0 Å². The fourth-order valence-corrected chi connectivity index (χ4v) is 2.95. The molecule has 3 rings (SSSR count). The Morgan fingerprint density at radius 3 is 2.52 bits per heavy atom. The summed E-state index contributed by atoms with van der Waals surface area (Å²) in [6.07, 6.45) is 0.834. The van der Waals surface area contributed by atoms with E-state index in [-0.39, 0.29) is 11.9 Å². The Labute approximate surface area is 171 Å². The molecule has 0 radical (unpaired) electrons. The summed E-state index contributed by atoms with van der Waals surface area (Å²) in [5.41, 5.74) is 3.09. The van der Waals surface area contributed by atoms with Crippen LogP contribution in [0.2, 0.25) is 0 Å². The molecule has 0 aliphatic carbocycles. The molecule has 0 aliphatic heterocycles. The zero-order chi connectivity index (χ0) is 21.1. The summed E-state index contributed by atoms with van der Waals surface area (Å²) >= 11 is 0. The Morgan fingerprint density at radius 2 is 1.90 bits per heavy atom. The van der Waals surface area contributed by atoms with Gasteiger partial charge in [-0.2, -0.15) is 5.10 Å². The van der Waals surface area contributed by atoms with Crippen molar-refractivity contribution < 1.29 is 9.21 Å². The van der Waals surface area contributed by atoms with Crippen LogP contribution >= 0.6 is 0 Å². The standard InChI is InChI=1S/C22H29N5O2/c1-13(2)10-19-12-20(22-25-24-16(6)29-22)26-27(19)18-9-7-8-17(11-18)21(28)23-15(5)14(3)4/h7-9,11-15H,10H2,1-6H3,(H,23,28)/t15-/m1/s1. The summed E-state index contributed by atoms with van der Waals surface area (Å²) in [4.78, 5) is 12.7. The van der Waals surface area contributed by atoms with Gasteiger partial charge < -0.3 is 9.73 Å². The van der Waals surface area contributed by atoms with Crippen molar-refractivity contribution in [3.05, 3.63) is 47.5 Å². The fraction of sp³-hybridized carbons (Fsp3) is 0.455. The minimum atomic E-state index is -0.0848. The lowest BCUT2D eigenvalue weighted by atomic mass is 10.1. The van der Waals surface area contributed by atoms with Crippen molar-refractivity contribution in [2.75, 3.05) is 0 Å². The number of aromatic nitrogens is 4. The van der Waals surface area contributed by atoms with Crippen LogP contribution < -0.4 is 5.32 Å². The zero-order valence-corrected chi connectivity index (χ0v) is 17.9. The monoisotopic (exact) mass is 395 g/mol. The van der Waals surface area contributed by atoms with Gasteiger partial charge in [0.15, 0.2) is 0 Å². The first-order chi connectivity index (χ1) is 13.7. The molecule has 1 N–H and O–H groups in total. The Hall–Kier alpha value is -2.96. The van der Waals surface area contributed by atoms with Gasteiger partial charge in [-0.1, -0.05) is 33.8 Å². The van der Waals surface area contributed by atoms with Gasteiger partial charge in [0, 0.05) is 24.2 Å². The molecule has 1 amide bonds. The van der Waals surface area contributed by atoms with Crippen LogP contribution in [0.15, 0.2) is 34.7 Å². The normalized spacial score (nSPS) is 12.6. The van der Waals surface area contributed by atoms with E-state index in [1.807, 2.05) is 41.9 Å². The van der Waals surface area contributed by atoms with Crippen molar-refractivity contribution in [3.8, 4) is 17.3 Å². The van der Waals surface area contributed by atoms with Gasteiger partial charge in [-0.05, 0) is 49.4 Å². The number of hydrogen-bond acceptors (Lipinski definition) is 5. The van der Waals surface area contributed by atoms with E-state index in [0.29, 0.717) is 34.9 Å². The minimum absolute atomic E-state index is 0.0848. The molecule has 1 atom stereocenters. The average Bonchev–Trinajstić information content (AvgIpc) is 3.27. The third kappa shape index (κ3) is 4.91. The minimum Gasteiger partial charge on any atom is -0.420 e. The Morgan fingerprint density at radius 1 is 1.14 bits per heavy atom. The summed E-state index contributed by atoms with van der Waals surface area (Å²) < 4.78 is 7.40. The highest BCUT2D eigenvalue weighted by Gasteiger charge is 2.18. The summed E-state index contributed by atoms with van der Waals surface area (Å²) in [6.45, 7) is 12.3. The smallest absolute Gasteiger partial charge is 0.268 e. The predicted octanol–water partition coefficient (Wildman–Crippen LogP) is 4.20. The maximum atomic E-state index is 12.7. The molecule has 2 heterocycles. The number of carbonyl (C=O) groups excluding carboxylic acids is 1. The van der Waals surface area contributed by atoms with Crippen LogP contribution in [0.5, 0.6) is 0 Å². The number of rotatable bonds is 7. The lowest BCUT2D eigenvalue weighted by Crippen LogP contribution is -2.36. The van der Waals surface area contributed by atoms with Crippen LogP contribution in [0.4, 0.5) is 0 Å². The second kappa shape index (κ2) is 8.59. The summed E-state index contributed by atoms with van der Waals surface area (Å²) in [5, 5.41) is 15.7. The van der Waals surface area contributed by atoms with Crippen LogP contribution in [-0.4, -0.2) is 31.9 Å². The van der Waals surface area contributed by atoms with E-state index >= 15 is 0 Å². The molecule has 154 valence electrons. The van der Waals surface area contributed by atoms with Crippen molar-refractivity contribution in [1.82, 2.24) is 25.3 Å². The van der Waals surface area contributed by atoms with Gasteiger partial charge in [-0.3, -0.25) is 4.79 Å². The van der Waals surface area contributed by atoms with E-state index in [1.54, 1.807) is 6.92 Å². The first-order valence-electron chi connectivity index (χ1n) is 10.0. The van der Waals surface area contributed by atoms with Crippen molar-refractivity contribution in [2.24, 2.45) is 11.8 Å². The lowest BCUT2D eigenvalue weighted by Gasteiger charge is -2.17. The van der Waals surface area contributed by atoms with E-state index in [4.69, 9.17) is 9.52 Å². The predicted molar refractivity (Wildman–Crippen MR) is 112 cm³/mol. The maximum absolute atomic E-state index is 12.7. The summed E-state index contributed by atoms with van der Waals surface area (Å²) in [6, 6.07) is 9.58. The number of nitrogens with one attached hydrogen (secondary N) is 1. The average molecular weight is 396 g/mol. The summed E-state index contributed by atoms with van der Waals surface area (Å²) in [7, 11) is 0. The third-order valence-corrected chi connectivity index (χ3v) is 4.86. The second-order valence-corrected chi connectivity index (χ2v) is 8.21. The Bertz CT molecular complexity index is 987. The number of benzene rings is 1. The zero-order valence-electron chi connectivity index (χ0n) is 17.9. The van der Waals surface area contributed by atoms with E-state index < -0.39 is 0 Å². The van der Waals surface area contributed by atoms with Crippen LogP contribution in [0.3, 0.4) is 0 Å². The van der Waals surface area contributed by atoms with Crippen LogP contribution in [0.25, 0.3) is 17.3 Å². The van der Waals surface area contributed by atoms with Gasteiger partial charge in [-0.15, -0.1) is 10.2 Å². The number of nitrogens with zero attached hydrogens (tertiary/aromatic N) is 4. The Kier molecular flexibility index (Phi) is 6.15. The highest BCUT2D eigenvalue weighted by atomic mass is 16.4. The molecule has 0 aliphatic rings. The van der Waals surface area contributed by atoms with E-state index in [0.717, 1.165) is 17.8 Å². The van der Waals surface area contributed by atoms with Crippen molar-refractivity contribution in [2.45, 2.75) is 54.0 Å². The van der Waals surface area contributed by atoms with Gasteiger partial charge in [0.05, 0.1) is 5.69 Å². The number of aryl methyl sites for hydroxylation is 1. The van der Waals surface area contributed by atoms with E-state index in [9.17, 15) is 4.79 Å². The van der Waals surface area contributed by atoms with Crippen molar-refractivity contribution >= 4 is 5.91 Å². The molecule has 29 heavy (non-hydrogen) atoms. The molecule has 0 saturated carbocycles. The van der Waals surface area contributed by atoms with E-state index in [1.165, 1.54) is 0 Å². The van der Waals surface area contributed by atoms with Gasteiger partial charge in [0.25, 0.3) is 11.8 Å². The molecular weight excluding hydrogens is 366 g/mol. The van der Waals surface area contributed by atoms with Gasteiger partial charge in [-0.25, -0.2) is 4.68 Å². The first kappa shape index (κ1) is 20.8. The molecule has 1 aromatic carbocycles. The fourth-order valence-electron chi connectivity index (χ4n) is 2.95. The molecule has 7 heteroatoms. The molecule has 0 bridgehead atoms. The largest absolute Gasteiger partial charge is 0.420 e. The number of amides is 1. The van der Waals surface area contributed by atoms with Gasteiger partial charge >= 0.3 is 0 Å². The van der Waals surface area contributed by atoms with Gasteiger partial charge in [0.1, 0.15) is 5.69 Å². The highest BCUT2D eigenvalue weighted by Crippen LogP contribution is 2.23. The van der Waals surface area contributed by atoms with E-state index in [2.05, 4.69) is 43.2 Å². The first-order valence-corrected chi connectivity index (χ1v) is 10.0. The second-order valence-electron chi connectivity index (χ2n) is 8.21. The van der Waals surface area contributed by atoms with Gasteiger partial charge in [0.2, 0.25) is 5.89 Å². The molecule has 0 unspecified atom stereocenters. The molecule has 0 saturated heterocycles. The molecule has 2 aromatic heterocycles. The third-order valence-electron chi connectivity index (χ3n) is 4.86. The molecule has 3 aromatic rings. The van der Waals surface area contributed by atoms with Crippen LogP contribution in [0, 0.1) is 18.8 Å². The lowest BCUT2D eigenvalue weighted by molar-refractivity contribution is 0.0930.